The molecule has 0 amide bonds. The molecule has 2 unspecified atom stereocenters. The molecule has 0 spiro atoms. The molecule has 1 saturated carbocycles. The summed E-state index contributed by atoms with van der Waals surface area (Å²) in [6, 6.07) is 0. The smallest absolute Gasteiger partial charge is 0.202 e. The number of rotatable bonds is 3. The van der Waals surface area contributed by atoms with Crippen molar-refractivity contribution in [3.05, 3.63) is 5.82 Å². The number of nitrogens with one attached hydrogen (secondary N) is 1. The average molecular weight is 213 g/mol. The Kier molecular flexibility index (Phi) is 2.98. The minimum absolute atomic E-state index is 0.0852. The Morgan fingerprint density at radius 2 is 2.43 bits per heavy atom. The van der Waals surface area contributed by atoms with E-state index in [1.807, 2.05) is 6.92 Å². The molecule has 2 N–H and O–H groups in total. The minimum atomic E-state index is -0.0852. The third kappa shape index (κ3) is 2.42. The van der Waals surface area contributed by atoms with Crippen LogP contribution in [-0.2, 0) is 0 Å². The Morgan fingerprint density at radius 1 is 1.57 bits per heavy atom. The summed E-state index contributed by atoms with van der Waals surface area (Å²) in [4.78, 5) is 4.22. The van der Waals surface area contributed by atoms with E-state index in [-0.39, 0.29) is 6.10 Å². The van der Waals surface area contributed by atoms with Crippen molar-refractivity contribution in [2.24, 2.45) is 5.92 Å². The van der Waals surface area contributed by atoms with E-state index in [1.54, 1.807) is 0 Å². The molecule has 0 aliphatic heterocycles. The molecule has 0 saturated heterocycles. The van der Waals surface area contributed by atoms with Crippen LogP contribution >= 0.6 is 11.5 Å². The van der Waals surface area contributed by atoms with Gasteiger partial charge in [0.2, 0.25) is 5.13 Å². The van der Waals surface area contributed by atoms with E-state index in [0.717, 1.165) is 36.8 Å². The number of aliphatic hydroxyl groups excluding tert-OH is 1. The van der Waals surface area contributed by atoms with Crippen LogP contribution < -0.4 is 5.32 Å². The van der Waals surface area contributed by atoms with Gasteiger partial charge in [0, 0.05) is 18.1 Å². The minimum Gasteiger partial charge on any atom is -0.393 e. The van der Waals surface area contributed by atoms with Crippen molar-refractivity contribution < 1.29 is 5.11 Å². The fourth-order valence-corrected chi connectivity index (χ4v) is 2.41. The van der Waals surface area contributed by atoms with Gasteiger partial charge in [-0.25, -0.2) is 4.98 Å². The fraction of sp³-hybridized carbons (Fsp3) is 0.778. The molecule has 1 aromatic heterocycles. The van der Waals surface area contributed by atoms with Crippen LogP contribution in [0.4, 0.5) is 5.13 Å². The van der Waals surface area contributed by atoms with Crippen LogP contribution in [0.5, 0.6) is 0 Å². The number of hydrogen-bond donors (Lipinski definition) is 2. The molecule has 78 valence electrons. The lowest BCUT2D eigenvalue weighted by Crippen LogP contribution is -2.12. The molecule has 4 nitrogen and oxygen atoms in total. The molecule has 1 fully saturated rings. The van der Waals surface area contributed by atoms with Crippen LogP contribution in [0.2, 0.25) is 0 Å². The lowest BCUT2D eigenvalue weighted by Gasteiger charge is -2.08. The number of hydrogen-bond acceptors (Lipinski definition) is 5. The molecule has 1 aliphatic carbocycles. The van der Waals surface area contributed by atoms with Gasteiger partial charge in [-0.1, -0.05) is 0 Å². The van der Waals surface area contributed by atoms with E-state index in [4.69, 9.17) is 0 Å². The first-order valence-electron chi connectivity index (χ1n) is 4.96. The second-order valence-electron chi connectivity index (χ2n) is 3.86. The van der Waals surface area contributed by atoms with Crippen LogP contribution in [0, 0.1) is 12.8 Å². The Morgan fingerprint density at radius 3 is 3.00 bits per heavy atom. The predicted molar refractivity (Wildman–Crippen MR) is 56.5 cm³/mol. The maximum Gasteiger partial charge on any atom is 0.202 e. The molecule has 2 atom stereocenters. The third-order valence-electron chi connectivity index (χ3n) is 2.58. The molecular formula is C9H15N3OS. The highest BCUT2D eigenvalue weighted by molar-refractivity contribution is 7.09. The van der Waals surface area contributed by atoms with Crippen LogP contribution in [0.15, 0.2) is 0 Å². The maximum atomic E-state index is 9.35. The van der Waals surface area contributed by atoms with Crippen molar-refractivity contribution in [3.8, 4) is 0 Å². The van der Waals surface area contributed by atoms with E-state index in [2.05, 4.69) is 14.7 Å². The van der Waals surface area contributed by atoms with E-state index < -0.39 is 0 Å². The standard InChI is InChI=1S/C9H15N3OS/c1-6-11-9(14-12-6)10-5-7-2-3-8(13)4-7/h7-8,13H,2-5H2,1H3,(H,10,11,12). The summed E-state index contributed by atoms with van der Waals surface area (Å²) in [6.45, 7) is 2.80. The van der Waals surface area contributed by atoms with Gasteiger partial charge in [-0.05, 0) is 32.1 Å². The van der Waals surface area contributed by atoms with Gasteiger partial charge in [0.05, 0.1) is 6.10 Å². The number of aliphatic hydroxyl groups is 1. The van der Waals surface area contributed by atoms with Crippen molar-refractivity contribution >= 4 is 16.7 Å². The first-order valence-corrected chi connectivity index (χ1v) is 5.73. The molecule has 0 bridgehead atoms. The summed E-state index contributed by atoms with van der Waals surface area (Å²) < 4.78 is 4.10. The van der Waals surface area contributed by atoms with Crippen molar-refractivity contribution in [1.29, 1.82) is 0 Å². The van der Waals surface area contributed by atoms with Gasteiger partial charge in [-0.3, -0.25) is 0 Å². The topological polar surface area (TPSA) is 58.0 Å². The van der Waals surface area contributed by atoms with Crippen molar-refractivity contribution in [2.75, 3.05) is 11.9 Å². The molecule has 1 heterocycles. The zero-order chi connectivity index (χ0) is 9.97. The summed E-state index contributed by atoms with van der Waals surface area (Å²) in [6.07, 6.45) is 2.90. The van der Waals surface area contributed by atoms with E-state index in [1.165, 1.54) is 11.5 Å². The van der Waals surface area contributed by atoms with E-state index in [0.29, 0.717) is 5.92 Å². The molecule has 1 aliphatic rings. The van der Waals surface area contributed by atoms with Gasteiger partial charge in [0.15, 0.2) is 0 Å². The van der Waals surface area contributed by atoms with Gasteiger partial charge < -0.3 is 10.4 Å². The van der Waals surface area contributed by atoms with Gasteiger partial charge in [-0.2, -0.15) is 4.37 Å². The van der Waals surface area contributed by atoms with Gasteiger partial charge in [0.1, 0.15) is 5.82 Å². The Labute approximate surface area is 87.5 Å². The van der Waals surface area contributed by atoms with Crippen LogP contribution in [-0.4, -0.2) is 27.1 Å². The highest BCUT2D eigenvalue weighted by atomic mass is 32.1. The Hall–Kier alpha value is -0.680. The number of aromatic nitrogens is 2. The summed E-state index contributed by atoms with van der Waals surface area (Å²) in [7, 11) is 0. The van der Waals surface area contributed by atoms with Crippen molar-refractivity contribution in [2.45, 2.75) is 32.3 Å². The molecule has 5 heteroatoms. The summed E-state index contributed by atoms with van der Waals surface area (Å²) in [5.74, 6) is 1.41. The maximum absolute atomic E-state index is 9.35. The zero-order valence-corrected chi connectivity index (χ0v) is 9.05. The second kappa shape index (κ2) is 4.23. The van der Waals surface area contributed by atoms with E-state index >= 15 is 0 Å². The second-order valence-corrected chi connectivity index (χ2v) is 4.61. The molecular weight excluding hydrogens is 198 g/mol. The van der Waals surface area contributed by atoms with Gasteiger partial charge >= 0.3 is 0 Å². The predicted octanol–water partition coefficient (Wildman–Crippen LogP) is 1.42. The Bertz CT molecular complexity index is 302. The van der Waals surface area contributed by atoms with Crippen molar-refractivity contribution in [1.82, 2.24) is 9.36 Å². The van der Waals surface area contributed by atoms with Crippen LogP contribution in [0.1, 0.15) is 25.1 Å². The number of anilines is 1. The number of nitrogens with zero attached hydrogens (tertiary/aromatic N) is 2. The van der Waals surface area contributed by atoms with Gasteiger partial charge in [0.25, 0.3) is 0 Å². The fourth-order valence-electron chi connectivity index (χ4n) is 1.83. The quantitative estimate of drug-likeness (QED) is 0.797. The molecule has 1 aromatic rings. The van der Waals surface area contributed by atoms with Crippen LogP contribution in [0.25, 0.3) is 0 Å². The molecule has 0 radical (unpaired) electrons. The lowest BCUT2D eigenvalue weighted by atomic mass is 10.1. The summed E-state index contributed by atoms with van der Waals surface area (Å²) in [5, 5.41) is 13.5. The van der Waals surface area contributed by atoms with E-state index in [9.17, 15) is 5.11 Å². The Balaban J connectivity index is 1.77. The normalized spacial score (nSPS) is 26.7. The van der Waals surface area contributed by atoms with Gasteiger partial charge in [-0.15, -0.1) is 0 Å². The van der Waals surface area contributed by atoms with Crippen LogP contribution in [0.3, 0.4) is 0 Å². The first kappa shape index (κ1) is 9.86. The molecule has 14 heavy (non-hydrogen) atoms. The molecule has 0 aromatic carbocycles. The largest absolute Gasteiger partial charge is 0.393 e. The molecule has 2 rings (SSSR count). The SMILES string of the molecule is Cc1nsc(NCC2CCC(O)C2)n1. The monoisotopic (exact) mass is 213 g/mol. The zero-order valence-electron chi connectivity index (χ0n) is 8.23. The summed E-state index contributed by atoms with van der Waals surface area (Å²) >= 11 is 1.40. The average Bonchev–Trinajstić information content (AvgIpc) is 2.72. The first-order chi connectivity index (χ1) is 6.74. The van der Waals surface area contributed by atoms with Crippen molar-refractivity contribution in [3.63, 3.8) is 0 Å². The number of aryl methyl sites for hydroxylation is 1. The summed E-state index contributed by atoms with van der Waals surface area (Å²) in [5.41, 5.74) is 0. The highest BCUT2D eigenvalue weighted by Gasteiger charge is 2.22. The third-order valence-corrected chi connectivity index (χ3v) is 3.35. The lowest BCUT2D eigenvalue weighted by molar-refractivity contribution is 0.178. The highest BCUT2D eigenvalue weighted by Crippen LogP contribution is 2.25.